The van der Waals surface area contributed by atoms with Crippen LogP contribution >= 0.6 is 15.9 Å². The summed E-state index contributed by atoms with van der Waals surface area (Å²) in [5.74, 6) is 0.831. The molecule has 0 aliphatic heterocycles. The molecule has 0 unspecified atom stereocenters. The van der Waals surface area contributed by atoms with Crippen molar-refractivity contribution in [2.24, 2.45) is 0 Å². The number of nitrogens with one attached hydrogen (secondary N) is 1. The van der Waals surface area contributed by atoms with E-state index in [1.807, 2.05) is 0 Å². The second-order valence-corrected chi connectivity index (χ2v) is 6.45. The molecule has 1 aromatic carbocycles. The summed E-state index contributed by atoms with van der Waals surface area (Å²) in [5, 5.41) is 0. The van der Waals surface area contributed by atoms with Crippen LogP contribution in [0.4, 0.5) is 0 Å². The summed E-state index contributed by atoms with van der Waals surface area (Å²) in [6, 6.07) is 2.80. The average Bonchev–Trinajstić information content (AvgIpc) is 2.26. The first-order valence-corrected chi connectivity index (χ1v) is 7.53. The Kier molecular flexibility index (Phi) is 5.01. The zero-order valence-corrected chi connectivity index (χ0v) is 13.1. The molecule has 1 N–H and O–H groups in total. The van der Waals surface area contributed by atoms with E-state index in [1.165, 1.54) is 20.3 Å². The van der Waals surface area contributed by atoms with E-state index in [9.17, 15) is 8.42 Å². The molecule has 0 bridgehead atoms. The van der Waals surface area contributed by atoms with Crippen LogP contribution in [0, 0.1) is 0 Å². The molecule has 5 nitrogen and oxygen atoms in total. The van der Waals surface area contributed by atoms with E-state index in [1.54, 1.807) is 19.9 Å². The van der Waals surface area contributed by atoms with Crippen LogP contribution in [0.1, 0.15) is 13.8 Å². The van der Waals surface area contributed by atoms with Gasteiger partial charge in [-0.1, -0.05) is 0 Å². The Bertz CT molecular complexity index is 528. The minimum atomic E-state index is -3.58. The van der Waals surface area contributed by atoms with E-state index in [4.69, 9.17) is 9.47 Å². The third-order valence-corrected chi connectivity index (χ3v) is 4.74. The van der Waals surface area contributed by atoms with Crippen LogP contribution < -0.4 is 14.2 Å². The summed E-state index contributed by atoms with van der Waals surface area (Å²) in [4.78, 5) is 0.119. The van der Waals surface area contributed by atoms with Gasteiger partial charge in [0.05, 0.1) is 14.2 Å². The van der Waals surface area contributed by atoms with Crippen molar-refractivity contribution in [1.82, 2.24) is 4.72 Å². The van der Waals surface area contributed by atoms with Gasteiger partial charge in [-0.2, -0.15) is 0 Å². The molecule has 0 fully saturated rings. The highest BCUT2D eigenvalue weighted by molar-refractivity contribution is 9.10. The van der Waals surface area contributed by atoms with Crippen LogP contribution in [0.15, 0.2) is 21.5 Å². The summed E-state index contributed by atoms with van der Waals surface area (Å²) in [5.41, 5.74) is 0. The second-order valence-electron chi connectivity index (χ2n) is 3.91. The molecule has 102 valence electrons. The Morgan fingerprint density at radius 3 is 2.11 bits per heavy atom. The highest BCUT2D eigenvalue weighted by Gasteiger charge is 2.21. The van der Waals surface area contributed by atoms with Gasteiger partial charge in [0, 0.05) is 16.6 Å². The van der Waals surface area contributed by atoms with Crippen LogP contribution in [0.25, 0.3) is 0 Å². The highest BCUT2D eigenvalue weighted by atomic mass is 79.9. The van der Waals surface area contributed by atoms with E-state index in [0.717, 1.165) is 0 Å². The molecule has 0 saturated heterocycles. The topological polar surface area (TPSA) is 64.6 Å². The van der Waals surface area contributed by atoms with Crippen LogP contribution in [0.2, 0.25) is 0 Å². The van der Waals surface area contributed by atoms with Gasteiger partial charge in [-0.3, -0.25) is 0 Å². The summed E-state index contributed by atoms with van der Waals surface area (Å²) < 4.78 is 37.3. The van der Waals surface area contributed by atoms with Crippen molar-refractivity contribution in [3.8, 4) is 11.5 Å². The third kappa shape index (κ3) is 3.37. The number of halogens is 1. The van der Waals surface area contributed by atoms with Crippen LogP contribution in [0.3, 0.4) is 0 Å². The van der Waals surface area contributed by atoms with E-state index < -0.39 is 10.0 Å². The third-order valence-electron chi connectivity index (χ3n) is 2.12. The van der Waals surface area contributed by atoms with Crippen LogP contribution in [-0.4, -0.2) is 28.7 Å². The summed E-state index contributed by atoms with van der Waals surface area (Å²) in [6.45, 7) is 3.51. The van der Waals surface area contributed by atoms with Gasteiger partial charge in [0.2, 0.25) is 10.0 Å². The SMILES string of the molecule is COc1cc(Br)c(S(=O)(=O)NC(C)C)cc1OC. The van der Waals surface area contributed by atoms with E-state index in [2.05, 4.69) is 20.7 Å². The Labute approximate surface area is 116 Å². The molecule has 0 atom stereocenters. The van der Waals surface area contributed by atoms with E-state index in [-0.39, 0.29) is 10.9 Å². The predicted molar refractivity (Wildman–Crippen MR) is 72.7 cm³/mol. The lowest BCUT2D eigenvalue weighted by Gasteiger charge is -2.14. The van der Waals surface area contributed by atoms with Crippen molar-refractivity contribution in [2.45, 2.75) is 24.8 Å². The molecule has 0 spiro atoms. The summed E-state index contributed by atoms with van der Waals surface area (Å²) >= 11 is 3.22. The van der Waals surface area contributed by atoms with Crippen LogP contribution in [-0.2, 0) is 10.0 Å². The molecule has 0 radical (unpaired) electrons. The standard InChI is InChI=1S/C11H16BrNO4S/c1-7(2)13-18(14,15)11-6-10(17-4)9(16-3)5-8(11)12/h5-7,13H,1-4H3. The molecular formula is C11H16BrNO4S. The Morgan fingerprint density at radius 2 is 1.67 bits per heavy atom. The number of methoxy groups -OCH3 is 2. The number of hydrogen-bond acceptors (Lipinski definition) is 4. The minimum absolute atomic E-state index is 0.119. The van der Waals surface area contributed by atoms with Gasteiger partial charge in [-0.15, -0.1) is 0 Å². The fourth-order valence-corrected chi connectivity index (χ4v) is 3.70. The van der Waals surface area contributed by atoms with Gasteiger partial charge in [0.15, 0.2) is 11.5 Å². The zero-order chi connectivity index (χ0) is 13.9. The van der Waals surface area contributed by atoms with Gasteiger partial charge in [0.1, 0.15) is 4.90 Å². The van der Waals surface area contributed by atoms with Crippen molar-refractivity contribution >= 4 is 26.0 Å². The lowest BCUT2D eigenvalue weighted by molar-refractivity contribution is 0.353. The maximum atomic E-state index is 12.1. The monoisotopic (exact) mass is 337 g/mol. The summed E-state index contributed by atoms with van der Waals surface area (Å²) in [6.07, 6.45) is 0. The maximum Gasteiger partial charge on any atom is 0.242 e. The summed E-state index contributed by atoms with van der Waals surface area (Å²) in [7, 11) is -0.633. The van der Waals surface area contributed by atoms with Gasteiger partial charge in [-0.25, -0.2) is 13.1 Å². The lowest BCUT2D eigenvalue weighted by atomic mass is 10.3. The minimum Gasteiger partial charge on any atom is -0.493 e. The maximum absolute atomic E-state index is 12.1. The Hall–Kier alpha value is -0.790. The zero-order valence-electron chi connectivity index (χ0n) is 10.7. The van der Waals surface area contributed by atoms with Crippen molar-refractivity contribution < 1.29 is 17.9 Å². The number of ether oxygens (including phenoxy) is 2. The first kappa shape index (κ1) is 15.3. The van der Waals surface area contributed by atoms with E-state index >= 15 is 0 Å². The quantitative estimate of drug-likeness (QED) is 0.894. The smallest absolute Gasteiger partial charge is 0.242 e. The molecular weight excluding hydrogens is 322 g/mol. The van der Waals surface area contributed by atoms with Crippen molar-refractivity contribution in [3.63, 3.8) is 0 Å². The van der Waals surface area contributed by atoms with Crippen LogP contribution in [0.5, 0.6) is 11.5 Å². The average molecular weight is 338 g/mol. The van der Waals surface area contributed by atoms with Crippen molar-refractivity contribution in [3.05, 3.63) is 16.6 Å². The van der Waals surface area contributed by atoms with Gasteiger partial charge >= 0.3 is 0 Å². The van der Waals surface area contributed by atoms with Crippen molar-refractivity contribution in [1.29, 1.82) is 0 Å². The highest BCUT2D eigenvalue weighted by Crippen LogP contribution is 2.35. The molecule has 1 aromatic rings. The molecule has 18 heavy (non-hydrogen) atoms. The molecule has 0 aliphatic rings. The fraction of sp³-hybridized carbons (Fsp3) is 0.455. The second kappa shape index (κ2) is 5.90. The first-order chi connectivity index (χ1) is 8.31. The fourth-order valence-electron chi connectivity index (χ4n) is 1.42. The van der Waals surface area contributed by atoms with Gasteiger partial charge < -0.3 is 9.47 Å². The van der Waals surface area contributed by atoms with Crippen molar-refractivity contribution in [2.75, 3.05) is 14.2 Å². The molecule has 0 aliphatic carbocycles. The van der Waals surface area contributed by atoms with Gasteiger partial charge in [-0.05, 0) is 35.8 Å². The first-order valence-electron chi connectivity index (χ1n) is 5.25. The molecule has 7 heteroatoms. The molecule has 0 saturated carbocycles. The molecule has 1 rings (SSSR count). The van der Waals surface area contributed by atoms with E-state index in [0.29, 0.717) is 16.0 Å². The number of hydrogen-bond donors (Lipinski definition) is 1. The lowest BCUT2D eigenvalue weighted by Crippen LogP contribution is -2.30. The van der Waals surface area contributed by atoms with Gasteiger partial charge in [0.25, 0.3) is 0 Å². The predicted octanol–water partition coefficient (Wildman–Crippen LogP) is 2.15. The Balaban J connectivity index is 3.34. The molecule has 0 heterocycles. The Morgan fingerprint density at radius 1 is 1.17 bits per heavy atom. The normalized spacial score (nSPS) is 11.7. The largest absolute Gasteiger partial charge is 0.493 e. The number of sulfonamides is 1. The number of benzene rings is 1. The number of rotatable bonds is 5. The molecule has 0 amide bonds. The molecule has 0 aromatic heterocycles.